The van der Waals surface area contributed by atoms with Gasteiger partial charge in [0, 0.05) is 37.0 Å². The third-order valence-electron chi connectivity index (χ3n) is 8.74. The Kier molecular flexibility index (Phi) is 6.01. The third-order valence-corrected chi connectivity index (χ3v) is 9.01. The second-order valence-corrected chi connectivity index (χ2v) is 11.5. The lowest BCUT2D eigenvalue weighted by Crippen LogP contribution is -2.63. The fourth-order valence-corrected chi connectivity index (χ4v) is 7.20. The van der Waals surface area contributed by atoms with E-state index < -0.39 is 0 Å². The number of nitrogens with one attached hydrogen (secondary N) is 1. The first kappa shape index (κ1) is 23.8. The molecule has 1 aromatic carbocycles. The van der Waals surface area contributed by atoms with Gasteiger partial charge in [0.2, 0.25) is 0 Å². The summed E-state index contributed by atoms with van der Waals surface area (Å²) < 4.78 is 6.92. The van der Waals surface area contributed by atoms with Crippen LogP contribution in [0.15, 0.2) is 34.0 Å². The van der Waals surface area contributed by atoms with E-state index >= 15 is 0 Å². The fraction of sp³-hybridized carbons (Fsp3) is 0.556. The monoisotopic (exact) mass is 509 g/mol. The number of aromatic amines is 1. The second-order valence-electron chi connectivity index (χ2n) is 11.1. The van der Waals surface area contributed by atoms with Crippen LogP contribution in [0.25, 0.3) is 10.8 Å². The Hall–Kier alpha value is -2.55. The van der Waals surface area contributed by atoms with Crippen molar-refractivity contribution in [2.75, 3.05) is 32.8 Å². The first-order chi connectivity index (χ1) is 17.3. The van der Waals surface area contributed by atoms with Gasteiger partial charge in [-0.05, 0) is 73.6 Å². The lowest BCUT2D eigenvalue weighted by atomic mass is 9.52. The van der Waals surface area contributed by atoms with Gasteiger partial charge in [0.1, 0.15) is 0 Å². The van der Waals surface area contributed by atoms with Crippen molar-refractivity contribution in [3.63, 3.8) is 0 Å². The summed E-state index contributed by atoms with van der Waals surface area (Å²) in [6, 6.07) is 5.99. The summed E-state index contributed by atoms with van der Waals surface area (Å²) in [5.74, 6) is 1.36. The number of nitrogens with zero attached hydrogens (tertiary/aromatic N) is 4. The van der Waals surface area contributed by atoms with Crippen molar-refractivity contribution in [2.45, 2.75) is 38.5 Å². The van der Waals surface area contributed by atoms with Gasteiger partial charge in [-0.25, -0.2) is 9.78 Å². The first-order valence-electron chi connectivity index (χ1n) is 12.8. The van der Waals surface area contributed by atoms with Crippen LogP contribution in [-0.2, 0) is 18.2 Å². The highest BCUT2D eigenvalue weighted by Crippen LogP contribution is 2.59. The van der Waals surface area contributed by atoms with E-state index in [2.05, 4.69) is 26.3 Å². The van der Waals surface area contributed by atoms with Crippen molar-refractivity contribution in [2.24, 2.45) is 24.3 Å². The molecule has 1 atom stereocenters. The van der Waals surface area contributed by atoms with Gasteiger partial charge in [-0.15, -0.1) is 0 Å². The van der Waals surface area contributed by atoms with Crippen LogP contribution in [-0.4, -0.2) is 57.7 Å². The zero-order valence-electron chi connectivity index (χ0n) is 20.8. The topological polar surface area (TPSA) is 93.1 Å². The Balaban J connectivity index is 1.12. The molecule has 0 bridgehead atoms. The van der Waals surface area contributed by atoms with Crippen LogP contribution in [0.4, 0.5) is 0 Å². The van der Waals surface area contributed by atoms with E-state index in [1.807, 2.05) is 19.1 Å². The minimum atomic E-state index is -0.106. The molecule has 6 rings (SSSR count). The minimum absolute atomic E-state index is 0.0917. The Morgan fingerprint density at radius 2 is 2.00 bits per heavy atom. The number of aryl methyl sites for hydroxylation is 2. The van der Waals surface area contributed by atoms with E-state index in [0.717, 1.165) is 67.8 Å². The fourth-order valence-electron chi connectivity index (χ4n) is 6.88. The highest BCUT2D eigenvalue weighted by molar-refractivity contribution is 6.34. The predicted octanol–water partition coefficient (Wildman–Crippen LogP) is 3.05. The third kappa shape index (κ3) is 3.99. The molecule has 1 spiro atoms. The van der Waals surface area contributed by atoms with Crippen molar-refractivity contribution < 1.29 is 4.74 Å². The number of ether oxygens (including phenoxy) is 1. The molecule has 1 aliphatic carbocycles. The summed E-state index contributed by atoms with van der Waals surface area (Å²) >= 11 is 6.61. The van der Waals surface area contributed by atoms with Crippen LogP contribution in [0.3, 0.4) is 0 Å². The van der Waals surface area contributed by atoms with Crippen LogP contribution in [0, 0.1) is 24.2 Å². The zero-order valence-corrected chi connectivity index (χ0v) is 21.6. The molecule has 3 fully saturated rings. The molecule has 1 saturated carbocycles. The number of fused-ring (bicyclic) bond motifs is 1. The molecule has 0 radical (unpaired) electrons. The Labute approximate surface area is 214 Å². The molecule has 3 aromatic rings. The highest BCUT2D eigenvalue weighted by Gasteiger charge is 2.55. The Bertz CT molecular complexity index is 1420. The molecule has 9 heteroatoms. The summed E-state index contributed by atoms with van der Waals surface area (Å²) in [5, 5.41) is 12.6. The Morgan fingerprint density at radius 3 is 2.72 bits per heavy atom. The lowest BCUT2D eigenvalue weighted by Gasteiger charge is -2.62. The predicted molar refractivity (Wildman–Crippen MR) is 139 cm³/mol. The van der Waals surface area contributed by atoms with E-state index in [0.29, 0.717) is 33.7 Å². The molecule has 1 N–H and O–H groups in total. The largest absolute Gasteiger partial charge is 0.381 e. The number of hydrogen-bond donors (Lipinski definition) is 1. The number of benzene rings is 1. The normalized spacial score (nSPS) is 20.8. The SMILES string of the molecule is Cc1c(CCCN2CC3(CC(C(c4cccc5c(=O)n(C)nc(Cl)c45)C4COC4)C3)C2)cn[nH]c1=O. The quantitative estimate of drug-likeness (QED) is 0.526. The zero-order chi connectivity index (χ0) is 25.0. The number of rotatable bonds is 7. The Morgan fingerprint density at radius 1 is 1.22 bits per heavy atom. The molecule has 190 valence electrons. The van der Waals surface area contributed by atoms with Gasteiger partial charge in [-0.3, -0.25) is 9.59 Å². The van der Waals surface area contributed by atoms with Crippen molar-refractivity contribution in [3.05, 3.63) is 66.9 Å². The maximum absolute atomic E-state index is 12.8. The summed E-state index contributed by atoms with van der Waals surface area (Å²) in [6.45, 7) is 6.73. The average molecular weight is 510 g/mol. The molecule has 8 nitrogen and oxygen atoms in total. The maximum Gasteiger partial charge on any atom is 0.274 e. The van der Waals surface area contributed by atoms with Gasteiger partial charge in [0.05, 0.1) is 24.8 Å². The molecule has 2 aromatic heterocycles. The van der Waals surface area contributed by atoms with Crippen molar-refractivity contribution in [1.82, 2.24) is 24.9 Å². The molecule has 4 heterocycles. The van der Waals surface area contributed by atoms with Crippen LogP contribution in [0.1, 0.15) is 41.9 Å². The molecular weight excluding hydrogens is 478 g/mol. The molecule has 2 saturated heterocycles. The molecule has 36 heavy (non-hydrogen) atoms. The van der Waals surface area contributed by atoms with Crippen LogP contribution >= 0.6 is 11.6 Å². The van der Waals surface area contributed by atoms with E-state index in [-0.39, 0.29) is 11.1 Å². The average Bonchev–Trinajstić information content (AvgIpc) is 2.77. The van der Waals surface area contributed by atoms with Gasteiger partial charge < -0.3 is 9.64 Å². The van der Waals surface area contributed by atoms with Crippen LogP contribution in [0.5, 0.6) is 0 Å². The molecule has 2 aliphatic heterocycles. The van der Waals surface area contributed by atoms with Gasteiger partial charge in [-0.2, -0.15) is 10.2 Å². The minimum Gasteiger partial charge on any atom is -0.381 e. The van der Waals surface area contributed by atoms with E-state index in [1.165, 1.54) is 17.5 Å². The summed E-state index contributed by atoms with van der Waals surface area (Å²) in [7, 11) is 1.65. The summed E-state index contributed by atoms with van der Waals surface area (Å²) in [5.41, 5.74) is 3.20. The molecular formula is C27H32ClN5O3. The van der Waals surface area contributed by atoms with Gasteiger partial charge in [0.15, 0.2) is 5.15 Å². The van der Waals surface area contributed by atoms with Crippen molar-refractivity contribution in [1.29, 1.82) is 0 Å². The van der Waals surface area contributed by atoms with Gasteiger partial charge >= 0.3 is 0 Å². The van der Waals surface area contributed by atoms with Gasteiger partial charge in [-0.1, -0.05) is 23.7 Å². The summed E-state index contributed by atoms with van der Waals surface area (Å²) in [6.07, 6.45) is 6.10. The molecule has 3 aliphatic rings. The van der Waals surface area contributed by atoms with Crippen LogP contribution in [0.2, 0.25) is 5.15 Å². The number of hydrogen-bond acceptors (Lipinski definition) is 6. The van der Waals surface area contributed by atoms with E-state index in [4.69, 9.17) is 16.3 Å². The van der Waals surface area contributed by atoms with Crippen molar-refractivity contribution >= 4 is 22.4 Å². The second kappa shape index (κ2) is 9.08. The molecule has 1 unspecified atom stereocenters. The van der Waals surface area contributed by atoms with E-state index in [1.54, 1.807) is 13.2 Å². The highest BCUT2D eigenvalue weighted by atomic mass is 35.5. The van der Waals surface area contributed by atoms with Gasteiger partial charge in [0.25, 0.3) is 11.1 Å². The lowest BCUT2D eigenvalue weighted by molar-refractivity contribution is -0.127. The number of halogens is 1. The van der Waals surface area contributed by atoms with E-state index in [9.17, 15) is 9.59 Å². The number of aromatic nitrogens is 4. The first-order valence-corrected chi connectivity index (χ1v) is 13.2. The maximum atomic E-state index is 12.8. The summed E-state index contributed by atoms with van der Waals surface area (Å²) in [4.78, 5) is 27.1. The number of likely N-dealkylation sites (tertiary alicyclic amines) is 1. The standard InChI is InChI=1S/C27H32ClN5O3/c1-16-17(11-29-30-25(16)34)5-4-8-33-14-27(15-33)9-18(10-27)22(19-12-36-13-19)20-6-3-7-21-23(20)24(28)31-32(2)26(21)35/h3,6-7,11,18-19,22H,4-5,8-10,12-15H2,1-2H3,(H,30,34). The van der Waals surface area contributed by atoms with Crippen LogP contribution < -0.4 is 11.1 Å². The molecule has 0 amide bonds. The number of H-pyrrole nitrogens is 1. The smallest absolute Gasteiger partial charge is 0.274 e. The van der Waals surface area contributed by atoms with Crippen molar-refractivity contribution in [3.8, 4) is 0 Å².